The Morgan fingerprint density at radius 3 is 2.73 bits per heavy atom. The molecule has 0 aliphatic carbocycles. The Bertz CT molecular complexity index is 1490. The van der Waals surface area contributed by atoms with Gasteiger partial charge in [-0.05, 0) is 55.7 Å². The predicted octanol–water partition coefficient (Wildman–Crippen LogP) is 3.77. The first-order valence-electron chi connectivity index (χ1n) is 12.2. The first-order chi connectivity index (χ1) is 17.9. The molecule has 1 aliphatic rings. The average molecular weight is 497 g/mol. The summed E-state index contributed by atoms with van der Waals surface area (Å²) in [6.45, 7) is 5.13. The number of carbonyl (C=O) groups is 2. The first kappa shape index (κ1) is 24.1. The Morgan fingerprint density at radius 2 is 1.97 bits per heavy atom. The summed E-state index contributed by atoms with van der Waals surface area (Å²) >= 11 is 0. The molecule has 1 aliphatic heterocycles. The van der Waals surface area contributed by atoms with E-state index < -0.39 is 0 Å². The third-order valence-electron chi connectivity index (χ3n) is 6.41. The van der Waals surface area contributed by atoms with Crippen molar-refractivity contribution in [2.45, 2.75) is 32.7 Å². The Labute approximate surface area is 214 Å². The van der Waals surface area contributed by atoms with Gasteiger partial charge >= 0.3 is 0 Å². The van der Waals surface area contributed by atoms with Crippen LogP contribution in [0.25, 0.3) is 22.3 Å². The van der Waals surface area contributed by atoms with E-state index in [9.17, 15) is 9.59 Å². The Morgan fingerprint density at radius 1 is 1.16 bits per heavy atom. The smallest absolute Gasteiger partial charge is 0.256 e. The van der Waals surface area contributed by atoms with Gasteiger partial charge in [0.25, 0.3) is 5.91 Å². The summed E-state index contributed by atoms with van der Waals surface area (Å²) < 4.78 is 1.85. The van der Waals surface area contributed by atoms with Crippen LogP contribution in [0.4, 0.5) is 11.6 Å². The summed E-state index contributed by atoms with van der Waals surface area (Å²) in [6.07, 6.45) is 8.15. The number of allylic oxidation sites excluding steroid dienone is 1. The molecule has 10 heteroatoms. The number of fused-ring (bicyclic) bond motifs is 1. The zero-order chi connectivity index (χ0) is 25.9. The molecule has 1 unspecified atom stereocenters. The maximum Gasteiger partial charge on any atom is 0.256 e. The van der Waals surface area contributed by atoms with Gasteiger partial charge in [0.1, 0.15) is 23.7 Å². The van der Waals surface area contributed by atoms with Gasteiger partial charge < -0.3 is 16.0 Å². The third kappa shape index (κ3) is 4.90. The highest BCUT2D eigenvalue weighted by molar-refractivity contribution is 6.04. The number of nitrogens with one attached hydrogen (secondary N) is 1. The van der Waals surface area contributed by atoms with Gasteiger partial charge in [0.15, 0.2) is 5.65 Å². The number of aromatic nitrogens is 5. The van der Waals surface area contributed by atoms with Gasteiger partial charge in [-0.15, -0.1) is 0 Å². The predicted molar refractivity (Wildman–Crippen MR) is 142 cm³/mol. The molecule has 2 amide bonds. The second kappa shape index (κ2) is 10.2. The third-order valence-corrected chi connectivity index (χ3v) is 6.41. The van der Waals surface area contributed by atoms with E-state index >= 15 is 0 Å². The second-order valence-corrected chi connectivity index (χ2v) is 9.04. The summed E-state index contributed by atoms with van der Waals surface area (Å²) in [5, 5.41) is 8.35. The zero-order valence-electron chi connectivity index (χ0n) is 20.8. The Kier molecular flexibility index (Phi) is 6.63. The van der Waals surface area contributed by atoms with Crippen molar-refractivity contribution in [1.82, 2.24) is 29.6 Å². The first-order valence-corrected chi connectivity index (χ1v) is 12.2. The number of aryl methyl sites for hydroxylation is 1. The van der Waals surface area contributed by atoms with Crippen LogP contribution in [0.3, 0.4) is 0 Å². The van der Waals surface area contributed by atoms with Crippen LogP contribution in [-0.4, -0.2) is 54.5 Å². The molecule has 0 spiro atoms. The fourth-order valence-electron chi connectivity index (χ4n) is 4.49. The summed E-state index contributed by atoms with van der Waals surface area (Å²) in [6, 6.07) is 10.8. The van der Waals surface area contributed by atoms with E-state index in [4.69, 9.17) is 10.8 Å². The topological polar surface area (TPSA) is 132 Å². The number of benzene rings is 1. The van der Waals surface area contributed by atoms with Gasteiger partial charge in [-0.25, -0.2) is 19.6 Å². The monoisotopic (exact) mass is 496 g/mol. The molecule has 4 heterocycles. The molecule has 3 N–H and O–H groups in total. The number of likely N-dealkylation sites (tertiary alicyclic amines) is 1. The second-order valence-electron chi connectivity index (χ2n) is 9.04. The number of hydrogen-bond donors (Lipinski definition) is 2. The number of anilines is 2. The average Bonchev–Trinajstić information content (AvgIpc) is 3.53. The molecule has 10 nitrogen and oxygen atoms in total. The van der Waals surface area contributed by atoms with Crippen LogP contribution in [0.2, 0.25) is 0 Å². The van der Waals surface area contributed by atoms with Gasteiger partial charge in [-0.2, -0.15) is 5.10 Å². The number of nitrogens with two attached hydrogens (primary N) is 1. The highest BCUT2D eigenvalue weighted by Crippen LogP contribution is 2.34. The van der Waals surface area contributed by atoms with Crippen LogP contribution in [0, 0.1) is 6.92 Å². The number of nitrogens with zero attached hydrogens (tertiary/aromatic N) is 6. The van der Waals surface area contributed by atoms with Gasteiger partial charge in [0.05, 0.1) is 11.4 Å². The van der Waals surface area contributed by atoms with Gasteiger partial charge in [-0.3, -0.25) is 9.59 Å². The van der Waals surface area contributed by atoms with Crippen molar-refractivity contribution >= 4 is 34.5 Å². The van der Waals surface area contributed by atoms with Crippen molar-refractivity contribution in [2.24, 2.45) is 0 Å². The number of hydrogen-bond acceptors (Lipinski definition) is 7. The van der Waals surface area contributed by atoms with Crippen LogP contribution in [0.1, 0.15) is 41.7 Å². The molecular formula is C27H28N8O2. The lowest BCUT2D eigenvalue weighted by Gasteiger charge is -2.15. The maximum absolute atomic E-state index is 12.7. The molecule has 0 saturated carbocycles. The Balaban J connectivity index is 1.42. The molecular weight excluding hydrogens is 468 g/mol. The van der Waals surface area contributed by atoms with Crippen molar-refractivity contribution in [3.63, 3.8) is 0 Å². The van der Waals surface area contributed by atoms with Crippen molar-refractivity contribution in [3.8, 4) is 11.3 Å². The zero-order valence-corrected chi connectivity index (χ0v) is 20.8. The number of carbonyl (C=O) groups excluding carboxylic acids is 2. The summed E-state index contributed by atoms with van der Waals surface area (Å²) in [5.74, 6) is 0.578. The largest absolute Gasteiger partial charge is 0.383 e. The molecule has 5 rings (SSSR count). The number of amides is 2. The number of nitrogen functional groups attached to an aromatic ring is 1. The van der Waals surface area contributed by atoms with Crippen LogP contribution in [0.15, 0.2) is 61.1 Å². The van der Waals surface area contributed by atoms with E-state index in [1.807, 2.05) is 53.8 Å². The number of rotatable bonds is 6. The highest BCUT2D eigenvalue weighted by Gasteiger charge is 2.30. The van der Waals surface area contributed by atoms with Crippen LogP contribution in [-0.2, 0) is 4.79 Å². The normalized spacial score (nSPS) is 15.5. The van der Waals surface area contributed by atoms with E-state index in [-0.39, 0.29) is 17.9 Å². The lowest BCUT2D eigenvalue weighted by Crippen LogP contribution is -2.27. The summed E-state index contributed by atoms with van der Waals surface area (Å²) in [7, 11) is 0. The molecule has 37 heavy (non-hydrogen) atoms. The molecule has 1 saturated heterocycles. The van der Waals surface area contributed by atoms with E-state index in [2.05, 4.69) is 20.3 Å². The minimum atomic E-state index is -0.254. The summed E-state index contributed by atoms with van der Waals surface area (Å²) in [4.78, 5) is 39.9. The van der Waals surface area contributed by atoms with Crippen molar-refractivity contribution in [2.75, 3.05) is 24.1 Å². The molecule has 4 aromatic rings. The quantitative estimate of drug-likeness (QED) is 0.388. The molecule has 1 fully saturated rings. The molecule has 1 aromatic carbocycles. The van der Waals surface area contributed by atoms with Gasteiger partial charge in [0, 0.05) is 30.4 Å². The lowest BCUT2D eigenvalue weighted by molar-refractivity contribution is -0.125. The molecule has 0 bridgehead atoms. The van der Waals surface area contributed by atoms with Crippen molar-refractivity contribution in [1.29, 1.82) is 0 Å². The minimum absolute atomic E-state index is 0.00454. The standard InChI is InChI=1S/C27H28N8O2/c1-3-4-5-22(36)34-13-11-20(15-34)35-26-23(25(28)30-16-31-26)24(33-35)18-6-8-19(9-7-18)27(37)32-21-14-17(2)10-12-29-21/h4-10,12,14,16,20H,3,11,13,15H2,1-2H3,(H2,28,30,31)(H,29,32,37). The number of pyridine rings is 1. The van der Waals surface area contributed by atoms with E-state index in [1.165, 1.54) is 6.33 Å². The highest BCUT2D eigenvalue weighted by atomic mass is 16.2. The maximum atomic E-state index is 12.7. The Hall–Kier alpha value is -4.60. The van der Waals surface area contributed by atoms with Crippen LogP contribution in [0.5, 0.6) is 0 Å². The van der Waals surface area contributed by atoms with Crippen LogP contribution >= 0.6 is 0 Å². The molecule has 0 radical (unpaired) electrons. The fraction of sp³-hybridized carbons (Fsp3) is 0.259. The van der Waals surface area contributed by atoms with Gasteiger partial charge in [-0.1, -0.05) is 25.1 Å². The van der Waals surface area contributed by atoms with E-state index in [1.54, 1.807) is 24.4 Å². The van der Waals surface area contributed by atoms with Gasteiger partial charge in [0.2, 0.25) is 5.91 Å². The summed E-state index contributed by atoms with van der Waals surface area (Å²) in [5.41, 5.74) is 9.81. The molecule has 3 aromatic heterocycles. The lowest BCUT2D eigenvalue weighted by atomic mass is 10.1. The molecule has 1 atom stereocenters. The van der Waals surface area contributed by atoms with E-state index in [0.29, 0.717) is 47.0 Å². The fourth-order valence-corrected chi connectivity index (χ4v) is 4.49. The minimum Gasteiger partial charge on any atom is -0.383 e. The van der Waals surface area contributed by atoms with Crippen molar-refractivity contribution < 1.29 is 9.59 Å². The van der Waals surface area contributed by atoms with E-state index in [0.717, 1.165) is 24.0 Å². The molecule has 188 valence electrons. The SMILES string of the molecule is CCC=CC(=O)N1CCC(n2nc(-c3ccc(C(=O)Nc4cc(C)ccn4)cc3)c3c(N)ncnc32)C1. The van der Waals surface area contributed by atoms with Crippen molar-refractivity contribution in [3.05, 3.63) is 72.2 Å². The van der Waals surface area contributed by atoms with Crippen LogP contribution < -0.4 is 11.1 Å².